The highest BCUT2D eigenvalue weighted by atomic mass is 35.5. The monoisotopic (exact) mass is 399 g/mol. The second kappa shape index (κ2) is 8.36. The molecule has 1 aromatic heterocycles. The van der Waals surface area contributed by atoms with Crippen molar-refractivity contribution in [3.63, 3.8) is 0 Å². The summed E-state index contributed by atoms with van der Waals surface area (Å²) in [5.41, 5.74) is -1.10. The Hall–Kier alpha value is -3.65. The van der Waals surface area contributed by atoms with Crippen molar-refractivity contribution in [3.05, 3.63) is 101 Å². The lowest BCUT2D eigenvalue weighted by Gasteiger charge is -2.06. The third kappa shape index (κ3) is 4.74. The first-order valence-corrected chi connectivity index (χ1v) is 8.46. The first-order valence-electron chi connectivity index (χ1n) is 8.09. The maximum atomic E-state index is 11.6. The normalized spacial score (nSPS) is 10.9. The number of ether oxygens (including phenoxy) is 1. The molecule has 3 rings (SSSR count). The fourth-order valence-electron chi connectivity index (χ4n) is 2.40. The number of hydrogen-bond donors (Lipinski definition) is 2. The molecule has 8 nitrogen and oxygen atoms in total. The molecule has 0 atom stereocenters. The number of aromatic amines is 2. The third-order valence-electron chi connectivity index (χ3n) is 3.77. The van der Waals surface area contributed by atoms with E-state index in [4.69, 9.17) is 16.3 Å². The van der Waals surface area contributed by atoms with Crippen LogP contribution in [0.4, 0.5) is 5.69 Å². The summed E-state index contributed by atoms with van der Waals surface area (Å²) < 4.78 is 5.68. The summed E-state index contributed by atoms with van der Waals surface area (Å²) in [6, 6.07) is 14.3. The van der Waals surface area contributed by atoms with Crippen LogP contribution in [0.3, 0.4) is 0 Å². The number of hydrogen-bond acceptors (Lipinski definition) is 5. The summed E-state index contributed by atoms with van der Waals surface area (Å²) in [7, 11) is 0. The Morgan fingerprint density at radius 2 is 1.68 bits per heavy atom. The van der Waals surface area contributed by atoms with Gasteiger partial charge < -0.3 is 9.72 Å². The molecule has 0 bridgehead atoms. The Labute approximate surface area is 163 Å². The molecule has 1 heterocycles. The second-order valence-electron chi connectivity index (χ2n) is 5.75. The molecule has 3 aromatic rings. The number of H-pyrrole nitrogens is 2. The van der Waals surface area contributed by atoms with Crippen LogP contribution in [0.5, 0.6) is 5.75 Å². The van der Waals surface area contributed by atoms with Crippen LogP contribution in [-0.4, -0.2) is 14.9 Å². The Balaban J connectivity index is 1.72. The van der Waals surface area contributed by atoms with Gasteiger partial charge in [-0.1, -0.05) is 41.9 Å². The summed E-state index contributed by atoms with van der Waals surface area (Å²) in [5, 5.41) is 11.7. The van der Waals surface area contributed by atoms with Crippen LogP contribution in [0.25, 0.3) is 12.2 Å². The Kier molecular flexibility index (Phi) is 5.71. The van der Waals surface area contributed by atoms with Crippen molar-refractivity contribution in [1.29, 1.82) is 0 Å². The van der Waals surface area contributed by atoms with Gasteiger partial charge in [0.25, 0.3) is 0 Å². The van der Waals surface area contributed by atoms with Crippen LogP contribution < -0.4 is 16.0 Å². The molecule has 0 aliphatic heterocycles. The van der Waals surface area contributed by atoms with Crippen molar-refractivity contribution in [1.82, 2.24) is 9.97 Å². The number of benzene rings is 2. The van der Waals surface area contributed by atoms with E-state index in [9.17, 15) is 19.7 Å². The first kappa shape index (κ1) is 19.1. The molecule has 0 radical (unpaired) electrons. The lowest BCUT2D eigenvalue weighted by atomic mass is 10.2. The van der Waals surface area contributed by atoms with Gasteiger partial charge in [0, 0.05) is 5.02 Å². The fourth-order valence-corrected chi connectivity index (χ4v) is 2.53. The van der Waals surface area contributed by atoms with Crippen LogP contribution in [0, 0.1) is 10.1 Å². The maximum absolute atomic E-state index is 11.6. The van der Waals surface area contributed by atoms with Gasteiger partial charge in [-0.15, -0.1) is 0 Å². The minimum atomic E-state index is -1.06. The van der Waals surface area contributed by atoms with Crippen molar-refractivity contribution < 1.29 is 9.66 Å². The largest absolute Gasteiger partial charge is 0.489 e. The number of rotatable bonds is 6. The average Bonchev–Trinajstić information content (AvgIpc) is 2.66. The van der Waals surface area contributed by atoms with Crippen LogP contribution in [0.2, 0.25) is 5.02 Å². The molecule has 0 amide bonds. The molecule has 142 valence electrons. The van der Waals surface area contributed by atoms with Gasteiger partial charge in [0.15, 0.2) is 0 Å². The molecule has 9 heteroatoms. The zero-order valence-electron chi connectivity index (χ0n) is 14.3. The van der Waals surface area contributed by atoms with Crippen LogP contribution >= 0.6 is 11.6 Å². The van der Waals surface area contributed by atoms with Gasteiger partial charge in [0.05, 0.1) is 4.92 Å². The summed E-state index contributed by atoms with van der Waals surface area (Å²) in [5.74, 6) is 0.641. The standard InChI is InChI=1S/C19H14ClN3O5/c20-14-6-1-13(2-7-14)11-28-15-8-3-12(4-9-15)5-10-16-17(23(26)27)18(24)22-19(25)21-16/h1-10H,11H2,(H2,21,22,24,25). The van der Waals surface area contributed by atoms with Crippen molar-refractivity contribution >= 4 is 29.4 Å². The smallest absolute Gasteiger partial charge is 0.357 e. The first-order chi connectivity index (χ1) is 13.4. The molecule has 0 spiro atoms. The molecule has 0 unspecified atom stereocenters. The van der Waals surface area contributed by atoms with Gasteiger partial charge in [-0.2, -0.15) is 0 Å². The lowest BCUT2D eigenvalue weighted by Crippen LogP contribution is -2.25. The summed E-state index contributed by atoms with van der Waals surface area (Å²) in [4.78, 5) is 37.2. The van der Waals surface area contributed by atoms with Gasteiger partial charge in [0.2, 0.25) is 0 Å². The zero-order chi connectivity index (χ0) is 20.1. The van der Waals surface area contributed by atoms with Gasteiger partial charge in [-0.3, -0.25) is 19.9 Å². The molecule has 28 heavy (non-hydrogen) atoms. The van der Waals surface area contributed by atoms with Crippen molar-refractivity contribution in [2.75, 3.05) is 0 Å². The summed E-state index contributed by atoms with van der Waals surface area (Å²) in [6.07, 6.45) is 2.85. The molecular formula is C19H14ClN3O5. The topological polar surface area (TPSA) is 118 Å². The molecular weight excluding hydrogens is 386 g/mol. The molecule has 0 aliphatic carbocycles. The van der Waals surface area contributed by atoms with E-state index in [1.807, 2.05) is 17.1 Å². The fraction of sp³-hybridized carbons (Fsp3) is 0.0526. The predicted octanol–water partition coefficient (Wildman–Crippen LogP) is 3.37. The number of nitro groups is 1. The molecule has 0 saturated heterocycles. The lowest BCUT2D eigenvalue weighted by molar-refractivity contribution is -0.386. The van der Waals surface area contributed by atoms with Gasteiger partial charge in [0.1, 0.15) is 18.1 Å². The van der Waals surface area contributed by atoms with E-state index in [2.05, 4.69) is 4.98 Å². The highest BCUT2D eigenvalue weighted by molar-refractivity contribution is 6.30. The Morgan fingerprint density at radius 1 is 1.00 bits per heavy atom. The van der Waals surface area contributed by atoms with E-state index in [1.54, 1.807) is 42.5 Å². The van der Waals surface area contributed by atoms with E-state index in [0.717, 1.165) is 5.56 Å². The van der Waals surface area contributed by atoms with Crippen molar-refractivity contribution in [2.45, 2.75) is 6.61 Å². The number of nitrogens with one attached hydrogen (secondary N) is 2. The molecule has 0 saturated carbocycles. The molecule has 0 fully saturated rings. The van der Waals surface area contributed by atoms with Gasteiger partial charge in [-0.25, -0.2) is 4.79 Å². The van der Waals surface area contributed by atoms with E-state index >= 15 is 0 Å². The molecule has 0 aliphatic rings. The van der Waals surface area contributed by atoms with E-state index in [1.165, 1.54) is 6.08 Å². The average molecular weight is 400 g/mol. The number of halogens is 1. The van der Waals surface area contributed by atoms with Crippen molar-refractivity contribution in [2.24, 2.45) is 0 Å². The minimum absolute atomic E-state index is 0.179. The molecule has 2 aromatic carbocycles. The summed E-state index contributed by atoms with van der Waals surface area (Å²) >= 11 is 5.84. The van der Waals surface area contributed by atoms with Gasteiger partial charge in [-0.05, 0) is 41.5 Å². The zero-order valence-corrected chi connectivity index (χ0v) is 15.1. The van der Waals surface area contributed by atoms with E-state index in [0.29, 0.717) is 22.9 Å². The Morgan fingerprint density at radius 3 is 2.32 bits per heavy atom. The van der Waals surface area contributed by atoms with Crippen molar-refractivity contribution in [3.8, 4) is 5.75 Å². The van der Waals surface area contributed by atoms with E-state index in [-0.39, 0.29) is 5.69 Å². The number of nitrogens with zero attached hydrogens (tertiary/aromatic N) is 1. The third-order valence-corrected chi connectivity index (χ3v) is 4.02. The maximum Gasteiger partial charge on any atom is 0.357 e. The highest BCUT2D eigenvalue weighted by Crippen LogP contribution is 2.18. The van der Waals surface area contributed by atoms with Crippen LogP contribution in [0.15, 0.2) is 58.1 Å². The van der Waals surface area contributed by atoms with E-state index < -0.39 is 21.9 Å². The number of aromatic nitrogens is 2. The quantitative estimate of drug-likeness (QED) is 0.486. The Bertz CT molecular complexity index is 1130. The SMILES string of the molecule is O=c1[nH]c(C=Cc2ccc(OCc3ccc(Cl)cc3)cc2)c([N+](=O)[O-])c(=O)[nH]1. The van der Waals surface area contributed by atoms with Crippen LogP contribution in [-0.2, 0) is 6.61 Å². The summed E-state index contributed by atoms with van der Waals surface area (Å²) in [6.45, 7) is 0.382. The molecule has 2 N–H and O–H groups in total. The minimum Gasteiger partial charge on any atom is -0.489 e. The highest BCUT2D eigenvalue weighted by Gasteiger charge is 2.18. The second-order valence-corrected chi connectivity index (χ2v) is 6.18. The van der Waals surface area contributed by atoms with Gasteiger partial charge >= 0.3 is 16.9 Å². The van der Waals surface area contributed by atoms with Crippen LogP contribution in [0.1, 0.15) is 16.8 Å². The predicted molar refractivity (Wildman–Crippen MR) is 105 cm³/mol.